The average molecular weight is 687 g/mol. The lowest BCUT2D eigenvalue weighted by atomic mass is 9.83. The van der Waals surface area contributed by atoms with Crippen molar-refractivity contribution < 1.29 is 8.83 Å². The maximum atomic E-state index is 6.65. The number of fused-ring (bicyclic) bond motifs is 12. The molecule has 54 heavy (non-hydrogen) atoms. The molecule has 0 unspecified atom stereocenters. The molecule has 0 aliphatic carbocycles. The Morgan fingerprint density at radius 2 is 0.759 bits per heavy atom. The Morgan fingerprint density at radius 1 is 0.241 bits per heavy atom. The molecule has 10 aromatic carbocycles. The van der Waals surface area contributed by atoms with Crippen LogP contribution in [0.5, 0.6) is 0 Å². The smallest absolute Gasteiger partial charge is 0.136 e. The molecule has 0 saturated carbocycles. The first-order chi connectivity index (χ1) is 26.8. The van der Waals surface area contributed by atoms with Crippen molar-refractivity contribution >= 4 is 87.0 Å². The Balaban J connectivity index is 1.16. The summed E-state index contributed by atoms with van der Waals surface area (Å²) < 4.78 is 12.9. The van der Waals surface area contributed by atoms with Crippen LogP contribution >= 0.6 is 0 Å². The first kappa shape index (κ1) is 29.4. The van der Waals surface area contributed by atoms with Gasteiger partial charge in [-0.1, -0.05) is 146 Å². The van der Waals surface area contributed by atoms with Gasteiger partial charge < -0.3 is 8.83 Å². The average Bonchev–Trinajstić information content (AvgIpc) is 3.80. The Bertz CT molecular complexity index is 3430. The summed E-state index contributed by atoms with van der Waals surface area (Å²) >= 11 is 0. The molecular formula is C52H30O2. The molecule has 2 aromatic heterocycles. The summed E-state index contributed by atoms with van der Waals surface area (Å²) in [6.07, 6.45) is 0. The number of furan rings is 2. The fraction of sp³-hybridized carbons (Fsp3) is 0. The van der Waals surface area contributed by atoms with Crippen LogP contribution in [0.2, 0.25) is 0 Å². The lowest BCUT2D eigenvalue weighted by Crippen LogP contribution is -1.93. The molecule has 0 radical (unpaired) electrons. The van der Waals surface area contributed by atoms with Gasteiger partial charge in [-0.3, -0.25) is 0 Å². The molecule has 0 N–H and O–H groups in total. The molecule has 12 rings (SSSR count). The second-order valence-corrected chi connectivity index (χ2v) is 14.3. The topological polar surface area (TPSA) is 26.3 Å². The Hall–Kier alpha value is -7.16. The highest BCUT2D eigenvalue weighted by Gasteiger charge is 2.21. The number of rotatable bonds is 3. The minimum atomic E-state index is 0.865. The van der Waals surface area contributed by atoms with Crippen LogP contribution in [-0.4, -0.2) is 0 Å². The Labute approximate surface area is 310 Å². The first-order valence-electron chi connectivity index (χ1n) is 18.5. The van der Waals surface area contributed by atoms with E-state index in [9.17, 15) is 0 Å². The summed E-state index contributed by atoms with van der Waals surface area (Å²) in [6.45, 7) is 0. The molecule has 0 aliphatic heterocycles. The van der Waals surface area contributed by atoms with E-state index in [0.717, 1.165) is 49.4 Å². The van der Waals surface area contributed by atoms with Crippen LogP contribution in [0.25, 0.3) is 120 Å². The Morgan fingerprint density at radius 3 is 1.46 bits per heavy atom. The molecule has 0 bridgehead atoms. The van der Waals surface area contributed by atoms with Crippen LogP contribution in [0.4, 0.5) is 0 Å². The lowest BCUT2D eigenvalue weighted by molar-refractivity contribution is 0.663. The molecule has 0 atom stereocenters. The third-order valence-corrected chi connectivity index (χ3v) is 11.5. The van der Waals surface area contributed by atoms with E-state index in [0.29, 0.717) is 0 Å². The summed E-state index contributed by atoms with van der Waals surface area (Å²) in [4.78, 5) is 0. The van der Waals surface area contributed by atoms with E-state index in [4.69, 9.17) is 8.83 Å². The molecule has 0 aliphatic rings. The SMILES string of the molecule is c1ccc(-c2cccc3c2cc(-c2c4ccccc4c(-c4ccc5c(c4)oc4ccc6oc7ccccc7c6c45)c4ccccc24)c2ccccc23)cc1. The molecule has 12 aromatic rings. The quantitative estimate of drug-likeness (QED) is 0.137. The van der Waals surface area contributed by atoms with E-state index in [2.05, 4.69) is 158 Å². The Kier molecular flexibility index (Phi) is 6.09. The van der Waals surface area contributed by atoms with Gasteiger partial charge in [0.2, 0.25) is 0 Å². The van der Waals surface area contributed by atoms with Gasteiger partial charge in [-0.25, -0.2) is 0 Å². The van der Waals surface area contributed by atoms with Crippen molar-refractivity contribution in [2.75, 3.05) is 0 Å². The fourth-order valence-corrected chi connectivity index (χ4v) is 9.17. The van der Waals surface area contributed by atoms with E-state index in [1.54, 1.807) is 0 Å². The maximum absolute atomic E-state index is 6.65. The second-order valence-electron chi connectivity index (χ2n) is 14.3. The summed E-state index contributed by atoms with van der Waals surface area (Å²) in [5, 5.41) is 14.3. The van der Waals surface area contributed by atoms with Gasteiger partial charge in [-0.05, 0) is 113 Å². The normalized spacial score (nSPS) is 12.1. The zero-order chi connectivity index (χ0) is 35.3. The zero-order valence-corrected chi connectivity index (χ0v) is 29.1. The standard InChI is InChI=1S/C52H30O2/c1-2-13-31(14-3-1)33-22-12-23-35-34-15-4-5-16-36(34)44(30-43(33)35)50-39-19-8-6-17-37(39)49(38-18-7-9-20-40(38)50)32-25-26-42-48(29-32)54-47-28-27-46-51(52(42)47)41-21-10-11-24-45(41)53-46/h1-30H. The number of benzene rings is 10. The van der Waals surface area contributed by atoms with Gasteiger partial charge in [0.05, 0.1) is 0 Å². The van der Waals surface area contributed by atoms with Crippen molar-refractivity contribution in [3.8, 4) is 33.4 Å². The predicted molar refractivity (Wildman–Crippen MR) is 227 cm³/mol. The first-order valence-corrected chi connectivity index (χ1v) is 18.5. The number of hydrogen-bond acceptors (Lipinski definition) is 2. The van der Waals surface area contributed by atoms with Crippen molar-refractivity contribution in [2.45, 2.75) is 0 Å². The highest BCUT2D eigenvalue weighted by molar-refractivity contribution is 6.28. The van der Waals surface area contributed by atoms with Crippen LogP contribution in [0, 0.1) is 0 Å². The number of hydrogen-bond donors (Lipinski definition) is 0. The van der Waals surface area contributed by atoms with Crippen molar-refractivity contribution in [3.05, 3.63) is 182 Å². The molecular weight excluding hydrogens is 657 g/mol. The van der Waals surface area contributed by atoms with E-state index in [-0.39, 0.29) is 0 Å². The van der Waals surface area contributed by atoms with E-state index < -0.39 is 0 Å². The minimum absolute atomic E-state index is 0.865. The predicted octanol–water partition coefficient (Wildman–Crippen LogP) is 15.1. The minimum Gasteiger partial charge on any atom is -0.456 e. The molecule has 2 nitrogen and oxygen atoms in total. The van der Waals surface area contributed by atoms with Gasteiger partial charge in [-0.15, -0.1) is 0 Å². The molecule has 2 heterocycles. The van der Waals surface area contributed by atoms with Crippen LogP contribution in [0.15, 0.2) is 191 Å². The highest BCUT2D eigenvalue weighted by Crippen LogP contribution is 2.48. The van der Waals surface area contributed by atoms with Crippen molar-refractivity contribution in [2.24, 2.45) is 0 Å². The lowest BCUT2D eigenvalue weighted by Gasteiger charge is -2.20. The summed E-state index contributed by atoms with van der Waals surface area (Å²) in [5.41, 5.74) is 10.8. The van der Waals surface area contributed by atoms with Crippen LogP contribution in [0.3, 0.4) is 0 Å². The maximum Gasteiger partial charge on any atom is 0.136 e. The fourth-order valence-electron chi connectivity index (χ4n) is 9.17. The zero-order valence-electron chi connectivity index (χ0n) is 29.1. The molecule has 2 heteroatoms. The van der Waals surface area contributed by atoms with Crippen molar-refractivity contribution in [3.63, 3.8) is 0 Å². The summed E-state index contributed by atoms with van der Waals surface area (Å²) in [7, 11) is 0. The summed E-state index contributed by atoms with van der Waals surface area (Å²) in [6, 6.07) is 65.7. The van der Waals surface area contributed by atoms with Crippen molar-refractivity contribution in [1.29, 1.82) is 0 Å². The van der Waals surface area contributed by atoms with Crippen molar-refractivity contribution in [1.82, 2.24) is 0 Å². The largest absolute Gasteiger partial charge is 0.456 e. The van der Waals surface area contributed by atoms with Gasteiger partial charge in [-0.2, -0.15) is 0 Å². The summed E-state index contributed by atoms with van der Waals surface area (Å²) in [5.74, 6) is 0. The number of para-hydroxylation sites is 1. The van der Waals surface area contributed by atoms with Gasteiger partial charge in [0.25, 0.3) is 0 Å². The third kappa shape index (κ3) is 4.11. The molecule has 0 spiro atoms. The van der Waals surface area contributed by atoms with Gasteiger partial charge in [0, 0.05) is 21.5 Å². The van der Waals surface area contributed by atoms with Crippen LogP contribution in [-0.2, 0) is 0 Å². The van der Waals surface area contributed by atoms with E-state index in [1.165, 1.54) is 70.9 Å². The van der Waals surface area contributed by atoms with Crippen LogP contribution in [0.1, 0.15) is 0 Å². The van der Waals surface area contributed by atoms with Gasteiger partial charge >= 0.3 is 0 Å². The van der Waals surface area contributed by atoms with E-state index in [1.807, 2.05) is 24.3 Å². The molecule has 0 saturated heterocycles. The van der Waals surface area contributed by atoms with Gasteiger partial charge in [0.15, 0.2) is 0 Å². The second kappa shape index (κ2) is 11.2. The molecule has 0 fully saturated rings. The van der Waals surface area contributed by atoms with E-state index >= 15 is 0 Å². The molecule has 250 valence electrons. The molecule has 0 amide bonds. The van der Waals surface area contributed by atoms with Crippen LogP contribution < -0.4 is 0 Å². The monoisotopic (exact) mass is 686 g/mol. The highest BCUT2D eigenvalue weighted by atomic mass is 16.3. The third-order valence-electron chi connectivity index (χ3n) is 11.5. The van der Waals surface area contributed by atoms with Gasteiger partial charge in [0.1, 0.15) is 22.3 Å².